The Bertz CT molecular complexity index is 1010. The minimum absolute atomic E-state index is 0.0655. The maximum absolute atomic E-state index is 13.0. The van der Waals surface area contributed by atoms with E-state index in [0.717, 1.165) is 43.6 Å². The van der Waals surface area contributed by atoms with Gasteiger partial charge in [-0.05, 0) is 48.3 Å². The minimum Gasteiger partial charge on any atom is -0.367 e. The molecule has 1 saturated carbocycles. The molecular weight excluding hydrogens is 392 g/mol. The summed E-state index contributed by atoms with van der Waals surface area (Å²) in [5.74, 6) is 0.998. The fourth-order valence-corrected chi connectivity index (χ4v) is 7.23. The zero-order valence-electron chi connectivity index (χ0n) is 17.5. The molecule has 1 unspecified atom stereocenters. The molecular formula is C25H30N2O2S. The molecule has 0 aromatic heterocycles. The van der Waals surface area contributed by atoms with E-state index in [1.807, 2.05) is 36.4 Å². The second-order valence-corrected chi connectivity index (χ2v) is 11.1. The summed E-state index contributed by atoms with van der Waals surface area (Å²) in [4.78, 5) is 5.87. The molecule has 30 heavy (non-hydrogen) atoms. The first-order valence-electron chi connectivity index (χ1n) is 11.0. The number of anilines is 1. The van der Waals surface area contributed by atoms with Crippen molar-refractivity contribution in [2.75, 3.05) is 23.0 Å². The maximum atomic E-state index is 13.0. The summed E-state index contributed by atoms with van der Waals surface area (Å²) < 4.78 is 26.0. The van der Waals surface area contributed by atoms with Gasteiger partial charge in [0, 0.05) is 18.8 Å². The van der Waals surface area contributed by atoms with E-state index in [1.54, 1.807) is 0 Å². The molecule has 2 aliphatic rings. The predicted octanol–water partition coefficient (Wildman–Crippen LogP) is 5.41. The van der Waals surface area contributed by atoms with Gasteiger partial charge in [-0.1, -0.05) is 61.7 Å². The van der Waals surface area contributed by atoms with Crippen LogP contribution in [0.4, 0.5) is 11.4 Å². The van der Waals surface area contributed by atoms with Crippen molar-refractivity contribution in [3.05, 3.63) is 71.1 Å². The van der Waals surface area contributed by atoms with Crippen LogP contribution in [0.2, 0.25) is 0 Å². The van der Waals surface area contributed by atoms with E-state index in [-0.39, 0.29) is 11.7 Å². The molecule has 0 radical (unpaired) electrons. The molecule has 5 heteroatoms. The number of hydrogen-bond donors (Lipinski definition) is 0. The van der Waals surface area contributed by atoms with Crippen LogP contribution in [0.3, 0.4) is 0 Å². The lowest BCUT2D eigenvalue weighted by Gasteiger charge is -2.36. The lowest BCUT2D eigenvalue weighted by molar-refractivity contribution is 0.384. The number of nitrogens with zero attached hydrogens (tertiary/aromatic N) is 2. The van der Waals surface area contributed by atoms with Crippen LogP contribution in [0.1, 0.15) is 43.2 Å². The topological polar surface area (TPSA) is 41.7 Å². The Balaban J connectivity index is 1.53. The van der Waals surface area contributed by atoms with E-state index < -0.39 is 9.84 Å². The van der Waals surface area contributed by atoms with Gasteiger partial charge in [-0.2, -0.15) is 0 Å². The lowest BCUT2D eigenvalue weighted by Crippen LogP contribution is -2.38. The van der Waals surface area contributed by atoms with E-state index in [4.69, 9.17) is 6.57 Å². The van der Waals surface area contributed by atoms with E-state index in [9.17, 15) is 8.42 Å². The van der Waals surface area contributed by atoms with Crippen LogP contribution >= 0.6 is 0 Å². The first-order chi connectivity index (χ1) is 14.5. The summed E-state index contributed by atoms with van der Waals surface area (Å²) in [5, 5.41) is 0. The van der Waals surface area contributed by atoms with Crippen LogP contribution in [0.15, 0.2) is 48.5 Å². The molecule has 0 saturated heterocycles. The molecule has 0 bridgehead atoms. The van der Waals surface area contributed by atoms with Gasteiger partial charge in [0.05, 0.1) is 18.1 Å². The van der Waals surface area contributed by atoms with E-state index in [0.29, 0.717) is 17.4 Å². The third kappa shape index (κ3) is 5.23. The van der Waals surface area contributed by atoms with Gasteiger partial charge in [0.15, 0.2) is 15.5 Å². The Kier molecular flexibility index (Phi) is 6.43. The second-order valence-electron chi connectivity index (χ2n) is 8.94. The molecule has 0 amide bonds. The van der Waals surface area contributed by atoms with Gasteiger partial charge >= 0.3 is 0 Å². The molecule has 2 aromatic rings. The van der Waals surface area contributed by atoms with Gasteiger partial charge in [-0.3, -0.25) is 0 Å². The van der Waals surface area contributed by atoms with Crippen molar-refractivity contribution in [3.63, 3.8) is 0 Å². The van der Waals surface area contributed by atoms with Crippen LogP contribution in [0, 0.1) is 18.4 Å². The lowest BCUT2D eigenvalue weighted by atomic mass is 9.91. The second kappa shape index (κ2) is 9.22. The van der Waals surface area contributed by atoms with Crippen molar-refractivity contribution < 1.29 is 8.42 Å². The number of fused-ring (bicyclic) bond motifs is 1. The highest BCUT2D eigenvalue weighted by Crippen LogP contribution is 2.35. The Hall–Kier alpha value is -2.32. The van der Waals surface area contributed by atoms with Crippen LogP contribution < -0.4 is 4.90 Å². The summed E-state index contributed by atoms with van der Waals surface area (Å²) in [5.41, 5.74) is 4.07. The first kappa shape index (κ1) is 20.9. The Morgan fingerprint density at radius 2 is 1.70 bits per heavy atom. The van der Waals surface area contributed by atoms with Crippen LogP contribution in [0.25, 0.3) is 4.85 Å². The highest BCUT2D eigenvalue weighted by Gasteiger charge is 2.30. The molecule has 4 rings (SSSR count). The quantitative estimate of drug-likeness (QED) is 0.585. The zero-order valence-corrected chi connectivity index (χ0v) is 18.3. The predicted molar refractivity (Wildman–Crippen MR) is 123 cm³/mol. The molecule has 2 aromatic carbocycles. The summed E-state index contributed by atoms with van der Waals surface area (Å²) in [7, 11) is -3.08. The summed E-state index contributed by atoms with van der Waals surface area (Å²) >= 11 is 0. The molecule has 0 spiro atoms. The summed E-state index contributed by atoms with van der Waals surface area (Å²) in [6.07, 6.45) is 6.42. The van der Waals surface area contributed by atoms with Crippen molar-refractivity contribution in [2.24, 2.45) is 11.8 Å². The zero-order chi connectivity index (χ0) is 21.0. The highest BCUT2D eigenvalue weighted by atomic mass is 32.2. The van der Waals surface area contributed by atoms with Crippen molar-refractivity contribution in [2.45, 2.75) is 45.1 Å². The molecule has 1 fully saturated rings. The van der Waals surface area contributed by atoms with E-state index in [1.165, 1.54) is 24.8 Å². The number of rotatable bonds is 6. The Morgan fingerprint density at radius 3 is 2.43 bits per heavy atom. The molecule has 1 aliphatic carbocycles. The standard InChI is InChI=1S/C25H30N2O2S/c1-26-24-12-13-25-23(15-24)14-22(17-27(25)16-20-8-4-2-5-9-20)19-30(28,29)18-21-10-6-3-7-11-21/h2,4-5,8-9,12-13,15,21-22H,3,6-7,10-11,14,16-19H2. The number of hydrogen-bond acceptors (Lipinski definition) is 3. The first-order valence-corrected chi connectivity index (χ1v) is 12.8. The van der Waals surface area contributed by atoms with E-state index >= 15 is 0 Å². The van der Waals surface area contributed by atoms with Gasteiger partial charge in [-0.25, -0.2) is 13.3 Å². The van der Waals surface area contributed by atoms with Gasteiger partial charge < -0.3 is 4.90 Å². The number of benzene rings is 2. The fraction of sp³-hybridized carbons (Fsp3) is 0.480. The van der Waals surface area contributed by atoms with Crippen molar-refractivity contribution in [1.82, 2.24) is 0 Å². The SMILES string of the molecule is [C-]#[N+]c1ccc2c(c1)CC(CS(=O)(=O)CC1CCCCC1)CN2Cc1ccccc1. The molecule has 0 N–H and O–H groups in total. The van der Waals surface area contributed by atoms with Gasteiger partial charge in [0.25, 0.3) is 0 Å². The van der Waals surface area contributed by atoms with Crippen LogP contribution in [0.5, 0.6) is 0 Å². The Morgan fingerprint density at radius 1 is 0.967 bits per heavy atom. The molecule has 1 heterocycles. The van der Waals surface area contributed by atoms with Crippen LogP contribution in [-0.2, 0) is 22.8 Å². The van der Waals surface area contributed by atoms with Gasteiger partial charge in [-0.15, -0.1) is 0 Å². The number of sulfone groups is 1. The van der Waals surface area contributed by atoms with Crippen molar-refractivity contribution in [1.29, 1.82) is 0 Å². The normalized spacial score (nSPS) is 19.8. The van der Waals surface area contributed by atoms with Crippen molar-refractivity contribution in [3.8, 4) is 0 Å². The third-order valence-electron chi connectivity index (χ3n) is 6.44. The average molecular weight is 423 g/mol. The largest absolute Gasteiger partial charge is 0.367 e. The minimum atomic E-state index is -3.08. The van der Waals surface area contributed by atoms with Gasteiger partial charge in [0.1, 0.15) is 0 Å². The summed E-state index contributed by atoms with van der Waals surface area (Å²) in [6.45, 7) is 8.84. The molecule has 4 nitrogen and oxygen atoms in total. The van der Waals surface area contributed by atoms with Gasteiger partial charge in [0.2, 0.25) is 0 Å². The highest BCUT2D eigenvalue weighted by molar-refractivity contribution is 7.91. The molecule has 158 valence electrons. The van der Waals surface area contributed by atoms with Crippen molar-refractivity contribution >= 4 is 21.2 Å². The van der Waals surface area contributed by atoms with E-state index in [2.05, 4.69) is 21.9 Å². The maximum Gasteiger partial charge on any atom is 0.187 e. The fourth-order valence-electron chi connectivity index (χ4n) is 5.10. The van der Waals surface area contributed by atoms with Crippen LogP contribution in [-0.4, -0.2) is 26.5 Å². The Labute approximate surface area is 180 Å². The molecule has 1 aliphatic heterocycles. The smallest absolute Gasteiger partial charge is 0.187 e. The monoisotopic (exact) mass is 422 g/mol. The third-order valence-corrected chi connectivity index (χ3v) is 8.40. The molecule has 1 atom stereocenters. The summed E-state index contributed by atoms with van der Waals surface area (Å²) in [6, 6.07) is 16.1. The average Bonchev–Trinajstić information content (AvgIpc) is 2.74.